The summed E-state index contributed by atoms with van der Waals surface area (Å²) in [4.78, 5) is 42.8. The summed E-state index contributed by atoms with van der Waals surface area (Å²) in [6, 6.07) is 13.1. The van der Waals surface area contributed by atoms with Crippen LogP contribution in [0.5, 0.6) is 0 Å². The van der Waals surface area contributed by atoms with Crippen LogP contribution >= 0.6 is 0 Å². The van der Waals surface area contributed by atoms with E-state index in [0.29, 0.717) is 53.1 Å². The lowest BCUT2D eigenvalue weighted by atomic mass is 10.1. The first-order valence-electron chi connectivity index (χ1n) is 13.9. The number of hydrogen-bond donors (Lipinski definition) is 2. The maximum Gasteiger partial charge on any atom is 0.256 e. The molecule has 6 rings (SSSR count). The lowest BCUT2D eigenvalue weighted by Crippen LogP contribution is -2.40. The number of likely N-dealkylation sites (N-methyl/N-ethyl adjacent to an activating group) is 1. The van der Waals surface area contributed by atoms with Crippen LogP contribution in [-0.4, -0.2) is 79.1 Å². The molecule has 1 aliphatic carbocycles. The highest BCUT2D eigenvalue weighted by Gasteiger charge is 2.29. The molecule has 3 N–H and O–H groups in total. The Morgan fingerprint density at radius 3 is 2.68 bits per heavy atom. The Hall–Kier alpha value is -4.64. The van der Waals surface area contributed by atoms with Crippen molar-refractivity contribution in [1.82, 2.24) is 34.5 Å². The number of amides is 2. The van der Waals surface area contributed by atoms with E-state index in [1.54, 1.807) is 36.5 Å². The minimum Gasteiger partial charge on any atom is -0.383 e. The monoisotopic (exact) mass is 551 g/mol. The molecule has 2 aliphatic rings. The summed E-state index contributed by atoms with van der Waals surface area (Å²) < 4.78 is 1.88. The highest BCUT2D eigenvalue weighted by molar-refractivity contribution is 6.04. The lowest BCUT2D eigenvalue weighted by Gasteiger charge is -2.32. The number of carbonyl (C=O) groups is 2. The SMILES string of the molecule is CN(CC=CC(=O)N1CCC[C@@H](n2nc(-c3ccc(C(=O)Nc4ccccn4)cc3)c3c(N)ncnc32)C1)C1CC1. The number of nitrogens with zero attached hydrogens (tertiary/aromatic N) is 7. The molecule has 1 aromatic carbocycles. The van der Waals surface area contributed by atoms with Gasteiger partial charge in [-0.05, 0) is 57.0 Å². The number of carbonyl (C=O) groups excluding carboxylic acids is 2. The minimum absolute atomic E-state index is 0.0179. The Balaban J connectivity index is 1.22. The Labute approximate surface area is 238 Å². The van der Waals surface area contributed by atoms with Gasteiger partial charge in [0.15, 0.2) is 5.65 Å². The van der Waals surface area contributed by atoms with Crippen LogP contribution in [0.15, 0.2) is 67.1 Å². The van der Waals surface area contributed by atoms with Crippen molar-refractivity contribution in [3.8, 4) is 11.3 Å². The van der Waals surface area contributed by atoms with Gasteiger partial charge in [-0.25, -0.2) is 19.6 Å². The fourth-order valence-corrected chi connectivity index (χ4v) is 5.30. The Morgan fingerprint density at radius 1 is 1.10 bits per heavy atom. The molecule has 1 saturated carbocycles. The predicted octanol–water partition coefficient (Wildman–Crippen LogP) is 3.54. The van der Waals surface area contributed by atoms with Gasteiger partial charge in [0.05, 0.1) is 11.4 Å². The van der Waals surface area contributed by atoms with Crippen molar-refractivity contribution < 1.29 is 9.59 Å². The number of nitrogen functional groups attached to an aromatic ring is 1. The van der Waals surface area contributed by atoms with Gasteiger partial charge in [0.1, 0.15) is 23.7 Å². The third-order valence-corrected chi connectivity index (χ3v) is 7.72. The smallest absolute Gasteiger partial charge is 0.256 e. The van der Waals surface area contributed by atoms with Gasteiger partial charge in [-0.15, -0.1) is 0 Å². The third-order valence-electron chi connectivity index (χ3n) is 7.72. The van der Waals surface area contributed by atoms with Gasteiger partial charge < -0.3 is 16.0 Å². The summed E-state index contributed by atoms with van der Waals surface area (Å²) in [7, 11) is 2.10. The van der Waals surface area contributed by atoms with Crippen molar-refractivity contribution in [1.29, 1.82) is 0 Å². The van der Waals surface area contributed by atoms with Crippen molar-refractivity contribution in [2.45, 2.75) is 37.8 Å². The number of hydrogen-bond acceptors (Lipinski definition) is 8. The Bertz CT molecular complexity index is 1580. The third kappa shape index (κ3) is 5.80. The number of likely N-dealkylation sites (tertiary alicyclic amines) is 1. The van der Waals surface area contributed by atoms with Gasteiger partial charge in [-0.3, -0.25) is 14.5 Å². The zero-order valence-electron chi connectivity index (χ0n) is 23.0. The molecule has 1 aliphatic heterocycles. The average molecular weight is 552 g/mol. The standard InChI is InChI=1S/C30H33N9O2/c1-37(22-13-14-22)16-5-8-25(40)38-17-4-6-23(18-38)39-29-26(28(31)33-19-34-29)27(36-39)20-9-11-21(12-10-20)30(41)35-24-7-2-3-15-32-24/h2-3,5,7-12,15,19,22-23H,4,6,13-14,16-18H2,1H3,(H2,31,33,34)(H,32,35,41)/t23-/m1/s1. The molecule has 41 heavy (non-hydrogen) atoms. The van der Waals surface area contributed by atoms with Crippen LogP contribution in [0.25, 0.3) is 22.3 Å². The molecule has 0 bridgehead atoms. The van der Waals surface area contributed by atoms with E-state index >= 15 is 0 Å². The predicted molar refractivity (Wildman–Crippen MR) is 157 cm³/mol. The summed E-state index contributed by atoms with van der Waals surface area (Å²) in [5.74, 6) is 0.579. The van der Waals surface area contributed by atoms with E-state index in [9.17, 15) is 9.59 Å². The molecule has 4 aromatic rings. The molecule has 4 heterocycles. The Morgan fingerprint density at radius 2 is 1.93 bits per heavy atom. The number of benzene rings is 1. The van der Waals surface area contributed by atoms with Gasteiger partial charge in [0.25, 0.3) is 5.91 Å². The summed E-state index contributed by atoms with van der Waals surface area (Å²) in [5.41, 5.74) is 8.88. The zero-order valence-corrected chi connectivity index (χ0v) is 23.0. The number of piperidine rings is 1. The fraction of sp³-hybridized carbons (Fsp3) is 0.333. The van der Waals surface area contributed by atoms with E-state index in [2.05, 4.69) is 32.2 Å². The molecule has 0 spiro atoms. The zero-order chi connectivity index (χ0) is 28.3. The first-order chi connectivity index (χ1) is 20.0. The van der Waals surface area contributed by atoms with Gasteiger partial charge in [-0.1, -0.05) is 24.3 Å². The second kappa shape index (κ2) is 11.5. The molecule has 3 aromatic heterocycles. The number of pyridine rings is 1. The van der Waals surface area contributed by atoms with Crippen molar-refractivity contribution >= 4 is 34.5 Å². The first-order valence-corrected chi connectivity index (χ1v) is 13.9. The molecule has 1 saturated heterocycles. The molecule has 11 nitrogen and oxygen atoms in total. The van der Waals surface area contributed by atoms with Gasteiger partial charge >= 0.3 is 0 Å². The lowest BCUT2D eigenvalue weighted by molar-refractivity contribution is -0.127. The molecular weight excluding hydrogens is 518 g/mol. The number of anilines is 2. The van der Waals surface area contributed by atoms with Gasteiger partial charge in [0.2, 0.25) is 5.91 Å². The number of aromatic nitrogens is 5. The van der Waals surface area contributed by atoms with Gasteiger partial charge in [0, 0.05) is 49.1 Å². The topological polar surface area (TPSA) is 135 Å². The summed E-state index contributed by atoms with van der Waals surface area (Å²) >= 11 is 0. The molecule has 2 fully saturated rings. The van der Waals surface area contributed by atoms with Crippen LogP contribution in [0, 0.1) is 0 Å². The van der Waals surface area contributed by atoms with E-state index in [1.807, 2.05) is 33.9 Å². The minimum atomic E-state index is -0.256. The van der Waals surface area contributed by atoms with Crippen molar-refractivity contribution in [3.05, 3.63) is 72.7 Å². The second-order valence-corrected chi connectivity index (χ2v) is 10.7. The van der Waals surface area contributed by atoms with Crippen LogP contribution in [0.4, 0.5) is 11.6 Å². The Kier molecular flexibility index (Phi) is 7.43. The molecular formula is C30H33N9O2. The van der Waals surface area contributed by atoms with E-state index < -0.39 is 0 Å². The summed E-state index contributed by atoms with van der Waals surface area (Å²) in [6.45, 7) is 2.03. The fourth-order valence-electron chi connectivity index (χ4n) is 5.30. The maximum absolute atomic E-state index is 13.0. The number of fused-ring (bicyclic) bond motifs is 1. The first kappa shape index (κ1) is 26.6. The largest absolute Gasteiger partial charge is 0.383 e. The summed E-state index contributed by atoms with van der Waals surface area (Å²) in [6.07, 6.45) is 10.9. The number of nitrogens with one attached hydrogen (secondary N) is 1. The molecule has 1 atom stereocenters. The normalized spacial score (nSPS) is 17.4. The number of nitrogens with two attached hydrogens (primary N) is 1. The number of rotatable bonds is 8. The molecule has 210 valence electrons. The van der Waals surface area contributed by atoms with E-state index in [1.165, 1.54) is 19.2 Å². The second-order valence-electron chi connectivity index (χ2n) is 10.7. The highest BCUT2D eigenvalue weighted by atomic mass is 16.2. The van der Waals surface area contributed by atoms with Crippen molar-refractivity contribution in [2.75, 3.05) is 37.7 Å². The van der Waals surface area contributed by atoms with E-state index in [-0.39, 0.29) is 17.9 Å². The average Bonchev–Trinajstić information content (AvgIpc) is 3.78. The van der Waals surface area contributed by atoms with E-state index in [0.717, 1.165) is 24.9 Å². The van der Waals surface area contributed by atoms with Crippen molar-refractivity contribution in [3.63, 3.8) is 0 Å². The van der Waals surface area contributed by atoms with Crippen LogP contribution in [0.2, 0.25) is 0 Å². The summed E-state index contributed by atoms with van der Waals surface area (Å²) in [5, 5.41) is 8.40. The maximum atomic E-state index is 13.0. The van der Waals surface area contributed by atoms with Crippen LogP contribution < -0.4 is 11.1 Å². The quantitative estimate of drug-likeness (QED) is 0.318. The van der Waals surface area contributed by atoms with Gasteiger partial charge in [-0.2, -0.15) is 5.10 Å². The molecule has 11 heteroatoms. The van der Waals surface area contributed by atoms with E-state index in [4.69, 9.17) is 10.8 Å². The van der Waals surface area contributed by atoms with Crippen LogP contribution in [0.1, 0.15) is 42.1 Å². The van der Waals surface area contributed by atoms with Crippen molar-refractivity contribution in [2.24, 2.45) is 0 Å². The highest BCUT2D eigenvalue weighted by Crippen LogP contribution is 2.34. The molecule has 0 radical (unpaired) electrons. The molecule has 0 unspecified atom stereocenters. The molecule has 2 amide bonds. The van der Waals surface area contributed by atoms with Crippen LogP contribution in [-0.2, 0) is 4.79 Å². The van der Waals surface area contributed by atoms with Crippen LogP contribution in [0.3, 0.4) is 0 Å².